The van der Waals surface area contributed by atoms with Gasteiger partial charge in [0.1, 0.15) is 0 Å². The molecule has 0 saturated carbocycles. The molecule has 0 amide bonds. The van der Waals surface area contributed by atoms with E-state index >= 15 is 0 Å². The summed E-state index contributed by atoms with van der Waals surface area (Å²) in [7, 11) is 0. The third kappa shape index (κ3) is 4.79. The van der Waals surface area contributed by atoms with Gasteiger partial charge >= 0.3 is 0 Å². The van der Waals surface area contributed by atoms with Crippen LogP contribution >= 0.6 is 12.2 Å². The summed E-state index contributed by atoms with van der Waals surface area (Å²) in [6, 6.07) is 19.5. The Kier molecular flexibility index (Phi) is 5.83. The fraction of sp³-hybridized carbons (Fsp3) is 0.350. The molecule has 1 fully saturated rings. The number of thiocarbonyl (C=S) groups is 1. The van der Waals surface area contributed by atoms with Crippen LogP contribution in [0.2, 0.25) is 0 Å². The molecule has 4 heteroatoms. The van der Waals surface area contributed by atoms with Crippen molar-refractivity contribution < 1.29 is 0 Å². The molecule has 1 aliphatic heterocycles. The van der Waals surface area contributed by atoms with Crippen molar-refractivity contribution in [2.45, 2.75) is 32.4 Å². The SMILES string of the molecule is CCc1ccc(NC(=S)N[C@H]2CCN(Cc3ccccc3)C2)cc1. The molecule has 126 valence electrons. The molecular formula is C20H25N3S. The van der Waals surface area contributed by atoms with E-state index in [0.29, 0.717) is 11.2 Å². The van der Waals surface area contributed by atoms with Crippen LogP contribution in [-0.2, 0) is 13.0 Å². The Hall–Kier alpha value is -1.91. The van der Waals surface area contributed by atoms with Gasteiger partial charge in [0.15, 0.2) is 5.11 Å². The van der Waals surface area contributed by atoms with E-state index in [-0.39, 0.29) is 0 Å². The molecule has 1 aliphatic rings. The molecule has 0 radical (unpaired) electrons. The van der Waals surface area contributed by atoms with Gasteiger partial charge in [0.25, 0.3) is 0 Å². The Labute approximate surface area is 150 Å². The lowest BCUT2D eigenvalue weighted by Crippen LogP contribution is -2.39. The van der Waals surface area contributed by atoms with Gasteiger partial charge < -0.3 is 10.6 Å². The zero-order chi connectivity index (χ0) is 16.8. The second-order valence-corrected chi connectivity index (χ2v) is 6.76. The van der Waals surface area contributed by atoms with Gasteiger partial charge in [-0.05, 0) is 48.3 Å². The first-order valence-corrected chi connectivity index (χ1v) is 9.06. The van der Waals surface area contributed by atoms with Crippen molar-refractivity contribution in [1.82, 2.24) is 10.2 Å². The highest BCUT2D eigenvalue weighted by Crippen LogP contribution is 2.14. The van der Waals surface area contributed by atoms with Gasteiger partial charge in [-0.1, -0.05) is 49.4 Å². The number of hydrogen-bond acceptors (Lipinski definition) is 2. The number of nitrogens with one attached hydrogen (secondary N) is 2. The zero-order valence-corrected chi connectivity index (χ0v) is 15.0. The Morgan fingerprint density at radius 1 is 1.08 bits per heavy atom. The number of rotatable bonds is 5. The summed E-state index contributed by atoms with van der Waals surface area (Å²) >= 11 is 5.46. The lowest BCUT2D eigenvalue weighted by atomic mass is 10.1. The highest BCUT2D eigenvalue weighted by molar-refractivity contribution is 7.80. The predicted octanol–water partition coefficient (Wildman–Crippen LogP) is 3.81. The van der Waals surface area contributed by atoms with E-state index in [0.717, 1.165) is 38.2 Å². The van der Waals surface area contributed by atoms with Crippen LogP contribution in [0, 0.1) is 0 Å². The molecular weight excluding hydrogens is 314 g/mol. The molecule has 2 N–H and O–H groups in total. The fourth-order valence-electron chi connectivity index (χ4n) is 3.11. The van der Waals surface area contributed by atoms with Crippen LogP contribution in [0.25, 0.3) is 0 Å². The summed E-state index contributed by atoms with van der Waals surface area (Å²) in [6.07, 6.45) is 2.19. The van der Waals surface area contributed by atoms with E-state index in [9.17, 15) is 0 Å². The standard InChI is InChI=1S/C20H25N3S/c1-2-16-8-10-18(11-9-16)21-20(24)22-19-12-13-23(15-19)14-17-6-4-3-5-7-17/h3-11,19H,2,12-15H2,1H3,(H2,21,22,24)/t19-/m0/s1. The molecule has 1 atom stereocenters. The molecule has 1 saturated heterocycles. The molecule has 0 unspecified atom stereocenters. The second-order valence-electron chi connectivity index (χ2n) is 6.36. The van der Waals surface area contributed by atoms with Gasteiger partial charge in [-0.15, -0.1) is 0 Å². The number of likely N-dealkylation sites (tertiary alicyclic amines) is 1. The average Bonchev–Trinajstić information content (AvgIpc) is 3.03. The minimum Gasteiger partial charge on any atom is -0.358 e. The van der Waals surface area contributed by atoms with E-state index in [1.165, 1.54) is 11.1 Å². The van der Waals surface area contributed by atoms with Crippen molar-refractivity contribution in [1.29, 1.82) is 0 Å². The lowest BCUT2D eigenvalue weighted by molar-refractivity contribution is 0.324. The fourth-order valence-corrected chi connectivity index (χ4v) is 3.40. The van der Waals surface area contributed by atoms with Crippen molar-refractivity contribution in [2.24, 2.45) is 0 Å². The van der Waals surface area contributed by atoms with Gasteiger partial charge in [0, 0.05) is 31.4 Å². The first kappa shape index (κ1) is 16.9. The summed E-state index contributed by atoms with van der Waals surface area (Å²) in [6.45, 7) is 5.32. The minimum atomic E-state index is 0.420. The van der Waals surface area contributed by atoms with Crippen molar-refractivity contribution in [3.8, 4) is 0 Å². The van der Waals surface area contributed by atoms with Crippen molar-refractivity contribution in [3.63, 3.8) is 0 Å². The normalized spacial score (nSPS) is 17.6. The van der Waals surface area contributed by atoms with Crippen molar-refractivity contribution in [2.75, 3.05) is 18.4 Å². The molecule has 2 aromatic carbocycles. The quantitative estimate of drug-likeness (QED) is 0.810. The summed E-state index contributed by atoms with van der Waals surface area (Å²) in [4.78, 5) is 2.48. The predicted molar refractivity (Wildman–Crippen MR) is 105 cm³/mol. The number of aryl methyl sites for hydroxylation is 1. The summed E-state index contributed by atoms with van der Waals surface area (Å²) in [5.41, 5.74) is 3.76. The Morgan fingerprint density at radius 2 is 1.83 bits per heavy atom. The minimum absolute atomic E-state index is 0.420. The number of nitrogens with zero attached hydrogens (tertiary/aromatic N) is 1. The molecule has 1 heterocycles. The van der Waals surface area contributed by atoms with Crippen molar-refractivity contribution in [3.05, 3.63) is 65.7 Å². The van der Waals surface area contributed by atoms with Crippen LogP contribution in [0.15, 0.2) is 54.6 Å². The largest absolute Gasteiger partial charge is 0.358 e. The number of benzene rings is 2. The number of anilines is 1. The van der Waals surface area contributed by atoms with Crippen LogP contribution in [0.1, 0.15) is 24.5 Å². The van der Waals surface area contributed by atoms with Crippen molar-refractivity contribution >= 4 is 23.0 Å². The van der Waals surface area contributed by atoms with E-state index in [1.807, 2.05) is 0 Å². The molecule has 0 aromatic heterocycles. The molecule has 3 rings (SSSR count). The molecule has 3 nitrogen and oxygen atoms in total. The lowest BCUT2D eigenvalue weighted by Gasteiger charge is -2.18. The maximum atomic E-state index is 5.46. The van der Waals surface area contributed by atoms with Gasteiger partial charge in [-0.3, -0.25) is 4.90 Å². The zero-order valence-electron chi connectivity index (χ0n) is 14.2. The third-order valence-corrected chi connectivity index (χ3v) is 4.70. The van der Waals surface area contributed by atoms with Crippen LogP contribution in [0.5, 0.6) is 0 Å². The topological polar surface area (TPSA) is 27.3 Å². The number of hydrogen-bond donors (Lipinski definition) is 2. The van der Waals surface area contributed by atoms with Crippen LogP contribution < -0.4 is 10.6 Å². The van der Waals surface area contributed by atoms with E-state index in [4.69, 9.17) is 12.2 Å². The molecule has 0 aliphatic carbocycles. The third-order valence-electron chi connectivity index (χ3n) is 4.48. The smallest absolute Gasteiger partial charge is 0.171 e. The van der Waals surface area contributed by atoms with Gasteiger partial charge in [-0.2, -0.15) is 0 Å². The first-order chi connectivity index (χ1) is 11.7. The van der Waals surface area contributed by atoms with Crippen LogP contribution in [0.4, 0.5) is 5.69 Å². The Balaban J connectivity index is 1.45. The van der Waals surface area contributed by atoms with E-state index in [1.54, 1.807) is 0 Å². The molecule has 0 bridgehead atoms. The van der Waals surface area contributed by atoms with Gasteiger partial charge in [0.2, 0.25) is 0 Å². The molecule has 2 aromatic rings. The summed E-state index contributed by atoms with van der Waals surface area (Å²) in [5.74, 6) is 0. The van der Waals surface area contributed by atoms with Gasteiger partial charge in [0.05, 0.1) is 0 Å². The summed E-state index contributed by atoms with van der Waals surface area (Å²) in [5, 5.41) is 7.45. The molecule has 24 heavy (non-hydrogen) atoms. The average molecular weight is 340 g/mol. The van der Waals surface area contributed by atoms with Gasteiger partial charge in [-0.25, -0.2) is 0 Å². The first-order valence-electron chi connectivity index (χ1n) is 8.65. The van der Waals surface area contributed by atoms with E-state index in [2.05, 4.69) is 77.1 Å². The highest BCUT2D eigenvalue weighted by atomic mass is 32.1. The summed E-state index contributed by atoms with van der Waals surface area (Å²) < 4.78 is 0. The maximum Gasteiger partial charge on any atom is 0.171 e. The van der Waals surface area contributed by atoms with Crippen LogP contribution in [-0.4, -0.2) is 29.1 Å². The van der Waals surface area contributed by atoms with E-state index < -0.39 is 0 Å². The highest BCUT2D eigenvalue weighted by Gasteiger charge is 2.22. The maximum absolute atomic E-state index is 5.46. The monoisotopic (exact) mass is 339 g/mol. The Morgan fingerprint density at radius 3 is 2.54 bits per heavy atom. The second kappa shape index (κ2) is 8.27. The Bertz CT molecular complexity index is 654. The van der Waals surface area contributed by atoms with Crippen LogP contribution in [0.3, 0.4) is 0 Å². The molecule has 0 spiro atoms.